The van der Waals surface area contributed by atoms with Gasteiger partial charge in [0.05, 0.1) is 5.41 Å². The fourth-order valence-electron chi connectivity index (χ4n) is 2.73. The molecular formula is C12H20F2O2. The van der Waals surface area contributed by atoms with Gasteiger partial charge in [0.2, 0.25) is 6.43 Å². The third-order valence-corrected chi connectivity index (χ3v) is 3.76. The van der Waals surface area contributed by atoms with Gasteiger partial charge in [0.25, 0.3) is 0 Å². The van der Waals surface area contributed by atoms with Crippen molar-refractivity contribution in [2.45, 2.75) is 58.3 Å². The second-order valence-corrected chi connectivity index (χ2v) is 4.91. The van der Waals surface area contributed by atoms with Crippen molar-refractivity contribution in [3.8, 4) is 0 Å². The summed E-state index contributed by atoms with van der Waals surface area (Å²) >= 11 is 0. The predicted molar refractivity (Wildman–Crippen MR) is 57.6 cm³/mol. The Balaban J connectivity index is 2.59. The van der Waals surface area contributed by atoms with E-state index in [0.29, 0.717) is 18.8 Å². The number of carboxylic acid groups (broad SMARTS) is 1. The van der Waals surface area contributed by atoms with Crippen LogP contribution in [0.25, 0.3) is 0 Å². The zero-order valence-electron chi connectivity index (χ0n) is 9.72. The largest absolute Gasteiger partial charge is 0.481 e. The molecule has 0 bridgehead atoms. The number of alkyl halides is 2. The Morgan fingerprint density at radius 3 is 2.38 bits per heavy atom. The first-order chi connectivity index (χ1) is 7.50. The number of hydrogen-bond acceptors (Lipinski definition) is 1. The van der Waals surface area contributed by atoms with E-state index in [2.05, 4.69) is 6.92 Å². The molecule has 1 rings (SSSR count). The molecule has 0 amide bonds. The average molecular weight is 234 g/mol. The van der Waals surface area contributed by atoms with Gasteiger partial charge >= 0.3 is 5.97 Å². The molecule has 16 heavy (non-hydrogen) atoms. The number of carbonyl (C=O) groups is 1. The van der Waals surface area contributed by atoms with Crippen molar-refractivity contribution in [1.82, 2.24) is 0 Å². The van der Waals surface area contributed by atoms with Crippen LogP contribution in [0.3, 0.4) is 0 Å². The fourth-order valence-corrected chi connectivity index (χ4v) is 2.73. The molecule has 0 aliphatic heterocycles. The summed E-state index contributed by atoms with van der Waals surface area (Å²) in [6, 6.07) is 0. The van der Waals surface area contributed by atoms with E-state index in [9.17, 15) is 13.6 Å². The molecule has 1 saturated carbocycles. The minimum Gasteiger partial charge on any atom is -0.481 e. The minimum absolute atomic E-state index is 0.414. The highest BCUT2D eigenvalue weighted by Crippen LogP contribution is 2.44. The molecule has 0 saturated heterocycles. The van der Waals surface area contributed by atoms with Crippen LogP contribution in [0.15, 0.2) is 0 Å². The van der Waals surface area contributed by atoms with Gasteiger partial charge in [0.15, 0.2) is 0 Å². The molecule has 0 unspecified atom stereocenters. The summed E-state index contributed by atoms with van der Waals surface area (Å²) in [6.07, 6.45) is 1.57. The van der Waals surface area contributed by atoms with E-state index in [1.165, 1.54) is 0 Å². The summed E-state index contributed by atoms with van der Waals surface area (Å²) in [5.74, 6) is -0.502. The molecule has 0 heterocycles. The first-order valence-corrected chi connectivity index (χ1v) is 6.01. The van der Waals surface area contributed by atoms with Crippen molar-refractivity contribution in [2.24, 2.45) is 11.3 Å². The minimum atomic E-state index is -2.51. The van der Waals surface area contributed by atoms with Crippen LogP contribution in [0.4, 0.5) is 8.78 Å². The van der Waals surface area contributed by atoms with E-state index >= 15 is 0 Å². The van der Waals surface area contributed by atoms with Gasteiger partial charge < -0.3 is 5.11 Å². The van der Waals surface area contributed by atoms with E-state index in [1.54, 1.807) is 0 Å². The van der Waals surface area contributed by atoms with Crippen LogP contribution in [0, 0.1) is 11.3 Å². The lowest BCUT2D eigenvalue weighted by molar-refractivity contribution is -0.154. The Morgan fingerprint density at radius 1 is 1.44 bits per heavy atom. The van der Waals surface area contributed by atoms with Crippen molar-refractivity contribution in [3.05, 3.63) is 0 Å². The molecule has 1 aliphatic rings. The maximum Gasteiger partial charge on any atom is 0.309 e. The molecule has 0 aromatic carbocycles. The van der Waals surface area contributed by atoms with Crippen LogP contribution in [-0.2, 0) is 4.79 Å². The van der Waals surface area contributed by atoms with Gasteiger partial charge in [0, 0.05) is 6.42 Å². The molecule has 0 atom stereocenters. The van der Waals surface area contributed by atoms with Gasteiger partial charge in [0.1, 0.15) is 0 Å². The summed E-state index contributed by atoms with van der Waals surface area (Å²) in [7, 11) is 0. The SMILES string of the molecule is CCCC1CCC(CC(F)F)(C(=O)O)CC1. The molecule has 1 fully saturated rings. The summed E-state index contributed by atoms with van der Waals surface area (Å²) < 4.78 is 24.8. The van der Waals surface area contributed by atoms with Crippen LogP contribution in [0.5, 0.6) is 0 Å². The quantitative estimate of drug-likeness (QED) is 0.787. The molecule has 4 heteroatoms. The second kappa shape index (κ2) is 5.60. The molecule has 0 spiro atoms. The maximum absolute atomic E-state index is 12.4. The van der Waals surface area contributed by atoms with Crippen molar-refractivity contribution < 1.29 is 18.7 Å². The maximum atomic E-state index is 12.4. The Hall–Kier alpha value is -0.670. The zero-order valence-corrected chi connectivity index (χ0v) is 9.72. The van der Waals surface area contributed by atoms with Crippen LogP contribution in [0.1, 0.15) is 51.9 Å². The van der Waals surface area contributed by atoms with Crippen LogP contribution in [-0.4, -0.2) is 17.5 Å². The molecule has 1 N–H and O–H groups in total. The van der Waals surface area contributed by atoms with E-state index in [1.807, 2.05) is 0 Å². The number of hydrogen-bond donors (Lipinski definition) is 1. The monoisotopic (exact) mass is 234 g/mol. The van der Waals surface area contributed by atoms with Gasteiger partial charge in [-0.1, -0.05) is 19.8 Å². The van der Waals surface area contributed by atoms with Gasteiger partial charge in [-0.2, -0.15) is 0 Å². The highest BCUT2D eigenvalue weighted by atomic mass is 19.3. The second-order valence-electron chi connectivity index (χ2n) is 4.91. The molecule has 0 aromatic rings. The van der Waals surface area contributed by atoms with Crippen molar-refractivity contribution >= 4 is 5.97 Å². The lowest BCUT2D eigenvalue weighted by atomic mass is 9.68. The average Bonchev–Trinajstić information content (AvgIpc) is 2.20. The molecule has 2 nitrogen and oxygen atoms in total. The van der Waals surface area contributed by atoms with Crippen molar-refractivity contribution in [3.63, 3.8) is 0 Å². The lowest BCUT2D eigenvalue weighted by Gasteiger charge is -2.36. The van der Waals surface area contributed by atoms with Crippen molar-refractivity contribution in [1.29, 1.82) is 0 Å². The molecule has 0 radical (unpaired) electrons. The van der Waals surface area contributed by atoms with Crippen LogP contribution < -0.4 is 0 Å². The van der Waals surface area contributed by atoms with Gasteiger partial charge in [-0.25, -0.2) is 8.78 Å². The molecule has 94 valence electrons. The molecule has 1 aliphatic carbocycles. The first-order valence-electron chi connectivity index (χ1n) is 6.01. The highest BCUT2D eigenvalue weighted by molar-refractivity contribution is 5.74. The first kappa shape index (κ1) is 13.4. The zero-order chi connectivity index (χ0) is 12.2. The fraction of sp³-hybridized carbons (Fsp3) is 0.917. The van der Waals surface area contributed by atoms with Gasteiger partial charge in [-0.3, -0.25) is 4.79 Å². The van der Waals surface area contributed by atoms with E-state index in [0.717, 1.165) is 25.7 Å². The summed E-state index contributed by atoms with van der Waals surface area (Å²) in [5, 5.41) is 9.12. The number of aliphatic carboxylic acids is 1. The standard InChI is InChI=1S/C12H20F2O2/c1-2-3-9-4-6-12(7-5-9,11(15)16)8-10(13)14/h9-10H,2-8H2,1H3,(H,15,16). The van der Waals surface area contributed by atoms with E-state index < -0.39 is 24.2 Å². The Kier molecular flexibility index (Phi) is 4.69. The molecular weight excluding hydrogens is 214 g/mol. The Bertz CT molecular complexity index is 233. The molecule has 0 aromatic heterocycles. The van der Waals surface area contributed by atoms with Gasteiger partial charge in [-0.05, 0) is 31.6 Å². The Labute approximate surface area is 95.0 Å². The van der Waals surface area contributed by atoms with E-state index in [4.69, 9.17) is 5.11 Å². The third-order valence-electron chi connectivity index (χ3n) is 3.76. The summed E-state index contributed by atoms with van der Waals surface area (Å²) in [4.78, 5) is 11.1. The van der Waals surface area contributed by atoms with Crippen molar-refractivity contribution in [2.75, 3.05) is 0 Å². The van der Waals surface area contributed by atoms with Gasteiger partial charge in [-0.15, -0.1) is 0 Å². The summed E-state index contributed by atoms with van der Waals surface area (Å²) in [5.41, 5.74) is -1.15. The summed E-state index contributed by atoms with van der Waals surface area (Å²) in [6.45, 7) is 2.10. The van der Waals surface area contributed by atoms with E-state index in [-0.39, 0.29) is 0 Å². The van der Waals surface area contributed by atoms with Crippen LogP contribution >= 0.6 is 0 Å². The number of rotatable bonds is 5. The number of halogens is 2. The number of carboxylic acids is 1. The highest BCUT2D eigenvalue weighted by Gasteiger charge is 2.43. The lowest BCUT2D eigenvalue weighted by Crippen LogP contribution is -2.37. The smallest absolute Gasteiger partial charge is 0.309 e. The van der Waals surface area contributed by atoms with Crippen LogP contribution in [0.2, 0.25) is 0 Å². The Morgan fingerprint density at radius 2 is 2.00 bits per heavy atom. The topological polar surface area (TPSA) is 37.3 Å². The predicted octanol–water partition coefficient (Wildman–Crippen LogP) is 3.70. The third kappa shape index (κ3) is 3.16. The normalized spacial score (nSPS) is 30.6.